The Kier molecular flexibility index (Phi) is 3.98. The number of hydrogen-bond donors (Lipinski definition) is 1. The highest BCUT2D eigenvalue weighted by molar-refractivity contribution is 5.39. The third-order valence-corrected chi connectivity index (χ3v) is 3.45. The van der Waals surface area contributed by atoms with E-state index in [0.717, 1.165) is 18.7 Å². The number of morpholine rings is 1. The number of aromatic hydroxyl groups is 1. The van der Waals surface area contributed by atoms with E-state index in [4.69, 9.17) is 9.47 Å². The molecule has 0 atom stereocenters. The predicted octanol–water partition coefficient (Wildman–Crippen LogP) is 2.79. The van der Waals surface area contributed by atoms with E-state index < -0.39 is 0 Å². The van der Waals surface area contributed by atoms with Crippen LogP contribution in [0.4, 0.5) is 0 Å². The molecule has 0 aromatic heterocycles. The quantitative estimate of drug-likeness (QED) is 0.924. The van der Waals surface area contributed by atoms with Crippen LogP contribution in [-0.2, 0) is 11.3 Å². The van der Waals surface area contributed by atoms with Crippen molar-refractivity contribution in [3.8, 4) is 11.5 Å². The van der Waals surface area contributed by atoms with E-state index >= 15 is 0 Å². The molecule has 1 aliphatic rings. The number of hydrogen-bond acceptors (Lipinski definition) is 4. The van der Waals surface area contributed by atoms with Gasteiger partial charge in [-0.3, -0.25) is 4.90 Å². The average Bonchev–Trinajstić information content (AvgIpc) is 2.27. The lowest BCUT2D eigenvalue weighted by Gasteiger charge is -2.47. The van der Waals surface area contributed by atoms with Crippen molar-refractivity contribution in [2.24, 2.45) is 0 Å². The lowest BCUT2D eigenvalue weighted by Crippen LogP contribution is -2.56. The van der Waals surface area contributed by atoms with Gasteiger partial charge < -0.3 is 14.6 Å². The van der Waals surface area contributed by atoms with Gasteiger partial charge in [-0.15, -0.1) is 0 Å². The van der Waals surface area contributed by atoms with E-state index in [2.05, 4.69) is 32.6 Å². The van der Waals surface area contributed by atoms with Crippen molar-refractivity contribution in [1.29, 1.82) is 0 Å². The Hall–Kier alpha value is -1.26. The maximum Gasteiger partial charge on any atom is 0.123 e. The standard InChI is InChI=1S/C16H25NO3/c1-15(2)10-17(11-16(3,4)20-15)9-12-6-7-13(19-5)8-14(12)18/h6-8,18H,9-11H2,1-5H3. The van der Waals surface area contributed by atoms with Crippen LogP contribution >= 0.6 is 0 Å². The number of benzene rings is 1. The first-order valence-corrected chi connectivity index (χ1v) is 6.99. The minimum atomic E-state index is -0.177. The predicted molar refractivity (Wildman–Crippen MR) is 79.2 cm³/mol. The van der Waals surface area contributed by atoms with Gasteiger partial charge in [-0.05, 0) is 33.8 Å². The van der Waals surface area contributed by atoms with E-state index in [0.29, 0.717) is 12.3 Å². The van der Waals surface area contributed by atoms with Gasteiger partial charge in [-0.25, -0.2) is 0 Å². The molecule has 1 fully saturated rings. The summed E-state index contributed by atoms with van der Waals surface area (Å²) in [4.78, 5) is 2.32. The molecule has 112 valence electrons. The van der Waals surface area contributed by atoms with Crippen molar-refractivity contribution in [3.05, 3.63) is 23.8 Å². The van der Waals surface area contributed by atoms with Crippen LogP contribution in [0.3, 0.4) is 0 Å². The molecule has 1 aromatic carbocycles. The second-order valence-corrected chi connectivity index (χ2v) is 6.76. The first kappa shape index (κ1) is 15.1. The minimum absolute atomic E-state index is 0.177. The van der Waals surface area contributed by atoms with Crippen molar-refractivity contribution >= 4 is 0 Å². The van der Waals surface area contributed by atoms with Gasteiger partial charge in [0.1, 0.15) is 11.5 Å². The van der Waals surface area contributed by atoms with Crippen molar-refractivity contribution in [2.75, 3.05) is 20.2 Å². The third kappa shape index (κ3) is 3.64. The van der Waals surface area contributed by atoms with Gasteiger partial charge in [0.05, 0.1) is 18.3 Å². The topological polar surface area (TPSA) is 41.9 Å². The molecular formula is C16H25NO3. The lowest BCUT2D eigenvalue weighted by atomic mass is 9.98. The Labute approximate surface area is 121 Å². The Morgan fingerprint density at radius 3 is 2.30 bits per heavy atom. The maximum absolute atomic E-state index is 10.1. The molecule has 0 unspecified atom stereocenters. The van der Waals surface area contributed by atoms with E-state index in [1.807, 2.05) is 12.1 Å². The zero-order valence-electron chi connectivity index (χ0n) is 13.1. The number of ether oxygens (including phenoxy) is 2. The van der Waals surface area contributed by atoms with Crippen molar-refractivity contribution in [1.82, 2.24) is 4.90 Å². The molecule has 0 amide bonds. The van der Waals surface area contributed by atoms with E-state index in [1.165, 1.54) is 0 Å². The number of methoxy groups -OCH3 is 1. The van der Waals surface area contributed by atoms with Crippen LogP contribution in [0.5, 0.6) is 11.5 Å². The Morgan fingerprint density at radius 1 is 1.20 bits per heavy atom. The molecule has 0 spiro atoms. The monoisotopic (exact) mass is 279 g/mol. The average molecular weight is 279 g/mol. The molecule has 1 N–H and O–H groups in total. The summed E-state index contributed by atoms with van der Waals surface area (Å²) < 4.78 is 11.2. The van der Waals surface area contributed by atoms with Crippen LogP contribution in [0.2, 0.25) is 0 Å². The molecular weight excluding hydrogens is 254 g/mol. The fourth-order valence-corrected chi connectivity index (χ4v) is 3.10. The first-order chi connectivity index (χ1) is 9.21. The van der Waals surface area contributed by atoms with Crippen molar-refractivity contribution < 1.29 is 14.6 Å². The van der Waals surface area contributed by atoms with Crippen LogP contribution < -0.4 is 4.74 Å². The second kappa shape index (κ2) is 5.26. The maximum atomic E-state index is 10.1. The Morgan fingerprint density at radius 2 is 1.80 bits per heavy atom. The highest BCUT2D eigenvalue weighted by atomic mass is 16.5. The minimum Gasteiger partial charge on any atom is -0.507 e. The van der Waals surface area contributed by atoms with Crippen LogP contribution in [0, 0.1) is 0 Å². The number of nitrogens with zero attached hydrogens (tertiary/aromatic N) is 1. The van der Waals surface area contributed by atoms with Gasteiger partial charge in [-0.2, -0.15) is 0 Å². The normalized spacial score (nSPS) is 21.6. The molecule has 1 aliphatic heterocycles. The SMILES string of the molecule is COc1ccc(CN2CC(C)(C)OC(C)(C)C2)c(O)c1. The van der Waals surface area contributed by atoms with Crippen molar-refractivity contribution in [3.63, 3.8) is 0 Å². The Bertz CT molecular complexity index is 467. The molecule has 0 radical (unpaired) electrons. The number of rotatable bonds is 3. The fraction of sp³-hybridized carbons (Fsp3) is 0.625. The van der Waals surface area contributed by atoms with Gasteiger partial charge in [0.2, 0.25) is 0 Å². The number of phenolic OH excluding ortho intramolecular Hbond substituents is 1. The molecule has 1 saturated heterocycles. The van der Waals surface area contributed by atoms with Gasteiger partial charge in [0.25, 0.3) is 0 Å². The van der Waals surface area contributed by atoms with Crippen LogP contribution in [-0.4, -0.2) is 41.4 Å². The third-order valence-electron chi connectivity index (χ3n) is 3.45. The largest absolute Gasteiger partial charge is 0.507 e. The van der Waals surface area contributed by atoms with Crippen molar-refractivity contribution in [2.45, 2.75) is 45.4 Å². The molecule has 4 heteroatoms. The number of phenols is 1. The zero-order valence-corrected chi connectivity index (χ0v) is 13.1. The summed E-state index contributed by atoms with van der Waals surface area (Å²) >= 11 is 0. The second-order valence-electron chi connectivity index (χ2n) is 6.76. The zero-order chi connectivity index (χ0) is 15.0. The Balaban J connectivity index is 2.13. The van der Waals surface area contributed by atoms with Gasteiger partial charge in [0, 0.05) is 31.3 Å². The van der Waals surface area contributed by atoms with Crippen LogP contribution in [0.1, 0.15) is 33.3 Å². The van der Waals surface area contributed by atoms with Crippen LogP contribution in [0.25, 0.3) is 0 Å². The fourth-order valence-electron chi connectivity index (χ4n) is 3.10. The lowest BCUT2D eigenvalue weighted by molar-refractivity contribution is -0.182. The van der Waals surface area contributed by atoms with Gasteiger partial charge in [-0.1, -0.05) is 6.07 Å². The molecule has 1 aromatic rings. The summed E-state index contributed by atoms with van der Waals surface area (Å²) in [6, 6.07) is 5.46. The first-order valence-electron chi connectivity index (χ1n) is 6.99. The summed E-state index contributed by atoms with van der Waals surface area (Å²) in [7, 11) is 1.60. The smallest absolute Gasteiger partial charge is 0.123 e. The van der Waals surface area contributed by atoms with E-state index in [-0.39, 0.29) is 17.0 Å². The molecule has 0 bridgehead atoms. The molecule has 20 heavy (non-hydrogen) atoms. The summed E-state index contributed by atoms with van der Waals surface area (Å²) in [5.74, 6) is 0.959. The molecule has 0 saturated carbocycles. The molecule has 1 heterocycles. The van der Waals surface area contributed by atoms with Gasteiger partial charge >= 0.3 is 0 Å². The summed E-state index contributed by atoms with van der Waals surface area (Å²) in [5.41, 5.74) is 0.563. The highest BCUT2D eigenvalue weighted by Gasteiger charge is 2.38. The van der Waals surface area contributed by atoms with Crippen LogP contribution in [0.15, 0.2) is 18.2 Å². The van der Waals surface area contributed by atoms with E-state index in [1.54, 1.807) is 13.2 Å². The molecule has 2 rings (SSSR count). The van der Waals surface area contributed by atoms with E-state index in [9.17, 15) is 5.11 Å². The summed E-state index contributed by atoms with van der Waals surface area (Å²) in [6.45, 7) is 10.8. The summed E-state index contributed by atoms with van der Waals surface area (Å²) in [5, 5.41) is 10.1. The highest BCUT2D eigenvalue weighted by Crippen LogP contribution is 2.31. The summed E-state index contributed by atoms with van der Waals surface area (Å²) in [6.07, 6.45) is 0. The van der Waals surface area contributed by atoms with Gasteiger partial charge in [0.15, 0.2) is 0 Å². The molecule has 4 nitrogen and oxygen atoms in total. The molecule has 0 aliphatic carbocycles.